The van der Waals surface area contributed by atoms with Gasteiger partial charge < -0.3 is 10.1 Å². The maximum Gasteiger partial charge on any atom is 0.309 e. The molecule has 1 aromatic heterocycles. The summed E-state index contributed by atoms with van der Waals surface area (Å²) >= 11 is 5.84. The van der Waals surface area contributed by atoms with Gasteiger partial charge in [0.15, 0.2) is 0 Å². The highest BCUT2D eigenvalue weighted by Crippen LogP contribution is 2.31. The highest BCUT2D eigenvalue weighted by molar-refractivity contribution is 6.30. The van der Waals surface area contributed by atoms with Gasteiger partial charge in [-0.15, -0.1) is 0 Å². The second-order valence-corrected chi connectivity index (χ2v) is 6.95. The van der Waals surface area contributed by atoms with E-state index >= 15 is 0 Å². The molecule has 3 aromatic rings. The van der Waals surface area contributed by atoms with Gasteiger partial charge in [0.25, 0.3) is 5.69 Å². The predicted octanol–water partition coefficient (Wildman–Crippen LogP) is 4.65. The summed E-state index contributed by atoms with van der Waals surface area (Å²) in [5.41, 5.74) is -0.179. The van der Waals surface area contributed by atoms with Gasteiger partial charge in [0, 0.05) is 17.2 Å². The van der Waals surface area contributed by atoms with E-state index in [9.17, 15) is 25.0 Å². The van der Waals surface area contributed by atoms with Crippen molar-refractivity contribution >= 4 is 34.6 Å². The SMILES string of the molecule is Cc1c([N+](=O)[O-])cnn1C(C)C(=O)Nc1cc(Oc2ccc(Cl)cc2)cc([N+](=O)[O-])c1. The molecule has 3 rings (SSSR count). The first kappa shape index (κ1) is 21.7. The first-order valence-corrected chi connectivity index (χ1v) is 9.25. The van der Waals surface area contributed by atoms with Crippen LogP contribution in [0.1, 0.15) is 18.7 Å². The minimum Gasteiger partial charge on any atom is -0.457 e. The number of hydrogen-bond donors (Lipinski definition) is 1. The Hall–Kier alpha value is -3.99. The first-order valence-electron chi connectivity index (χ1n) is 8.88. The third-order valence-corrected chi connectivity index (χ3v) is 4.63. The molecule has 1 unspecified atom stereocenters. The van der Waals surface area contributed by atoms with Crippen molar-refractivity contribution in [2.24, 2.45) is 0 Å². The molecule has 1 amide bonds. The molecule has 1 atom stereocenters. The van der Waals surface area contributed by atoms with E-state index in [1.54, 1.807) is 24.3 Å². The van der Waals surface area contributed by atoms with Crippen LogP contribution in [0, 0.1) is 27.2 Å². The van der Waals surface area contributed by atoms with Crippen molar-refractivity contribution in [2.45, 2.75) is 19.9 Å². The summed E-state index contributed by atoms with van der Waals surface area (Å²) in [4.78, 5) is 33.7. The second kappa shape index (κ2) is 8.79. The second-order valence-electron chi connectivity index (χ2n) is 6.51. The number of amides is 1. The Kier molecular flexibility index (Phi) is 6.16. The summed E-state index contributed by atoms with van der Waals surface area (Å²) in [5.74, 6) is -0.0422. The maximum atomic E-state index is 12.7. The number of carbonyl (C=O) groups excluding carboxylic acids is 1. The third kappa shape index (κ3) is 4.95. The van der Waals surface area contributed by atoms with E-state index in [1.165, 1.54) is 36.7 Å². The fourth-order valence-electron chi connectivity index (χ4n) is 2.80. The maximum absolute atomic E-state index is 12.7. The molecule has 31 heavy (non-hydrogen) atoms. The molecule has 11 nitrogen and oxygen atoms in total. The predicted molar refractivity (Wildman–Crippen MR) is 112 cm³/mol. The van der Waals surface area contributed by atoms with Crippen LogP contribution in [-0.2, 0) is 4.79 Å². The molecule has 0 radical (unpaired) electrons. The number of halogens is 1. The summed E-state index contributed by atoms with van der Waals surface area (Å²) < 4.78 is 6.84. The van der Waals surface area contributed by atoms with Crippen LogP contribution in [0.25, 0.3) is 0 Å². The van der Waals surface area contributed by atoms with Gasteiger partial charge in [-0.2, -0.15) is 5.10 Å². The number of anilines is 1. The molecule has 0 spiro atoms. The zero-order valence-corrected chi connectivity index (χ0v) is 17.1. The Morgan fingerprint density at radius 2 is 1.81 bits per heavy atom. The number of ether oxygens (including phenoxy) is 1. The molecule has 0 saturated carbocycles. The van der Waals surface area contributed by atoms with E-state index in [0.29, 0.717) is 10.8 Å². The smallest absolute Gasteiger partial charge is 0.309 e. The van der Waals surface area contributed by atoms with E-state index in [4.69, 9.17) is 16.3 Å². The summed E-state index contributed by atoms with van der Waals surface area (Å²) in [6.07, 6.45) is 1.06. The summed E-state index contributed by atoms with van der Waals surface area (Å²) in [6, 6.07) is 9.29. The number of nitrogens with one attached hydrogen (secondary N) is 1. The van der Waals surface area contributed by atoms with Crippen LogP contribution in [0.2, 0.25) is 5.02 Å². The van der Waals surface area contributed by atoms with Crippen LogP contribution in [0.5, 0.6) is 11.5 Å². The van der Waals surface area contributed by atoms with Crippen molar-refractivity contribution in [3.8, 4) is 11.5 Å². The van der Waals surface area contributed by atoms with Crippen LogP contribution in [0.15, 0.2) is 48.7 Å². The van der Waals surface area contributed by atoms with Crippen LogP contribution in [-0.4, -0.2) is 25.5 Å². The number of benzene rings is 2. The number of hydrogen-bond acceptors (Lipinski definition) is 7. The van der Waals surface area contributed by atoms with E-state index in [0.717, 1.165) is 6.20 Å². The molecule has 12 heteroatoms. The third-order valence-electron chi connectivity index (χ3n) is 4.38. The monoisotopic (exact) mass is 445 g/mol. The van der Waals surface area contributed by atoms with Crippen molar-refractivity contribution < 1.29 is 19.4 Å². The normalized spacial score (nSPS) is 11.6. The van der Waals surface area contributed by atoms with Crippen LogP contribution in [0.3, 0.4) is 0 Å². The van der Waals surface area contributed by atoms with Crippen molar-refractivity contribution in [3.63, 3.8) is 0 Å². The quantitative estimate of drug-likeness (QED) is 0.411. The summed E-state index contributed by atoms with van der Waals surface area (Å²) in [5, 5.41) is 29.2. The Morgan fingerprint density at radius 1 is 1.13 bits per heavy atom. The fourth-order valence-corrected chi connectivity index (χ4v) is 2.93. The highest BCUT2D eigenvalue weighted by atomic mass is 35.5. The van der Waals surface area contributed by atoms with E-state index in [1.807, 2.05) is 0 Å². The largest absolute Gasteiger partial charge is 0.457 e. The average molecular weight is 446 g/mol. The number of carbonyl (C=O) groups is 1. The number of nitro benzene ring substituents is 1. The number of aromatic nitrogens is 2. The standard InChI is InChI=1S/C19H16ClN5O6/c1-11-18(25(29)30)10-21-23(11)12(2)19(26)22-14-7-15(24(27)28)9-17(8-14)31-16-5-3-13(20)4-6-16/h3-10,12H,1-2H3,(H,22,26). The number of nitro groups is 2. The molecule has 0 aliphatic rings. The molecule has 160 valence electrons. The molecular formula is C19H16ClN5O6. The van der Waals surface area contributed by atoms with Gasteiger partial charge in [-0.05, 0) is 38.1 Å². The summed E-state index contributed by atoms with van der Waals surface area (Å²) in [7, 11) is 0. The van der Waals surface area contributed by atoms with Crippen LogP contribution >= 0.6 is 11.6 Å². The number of nitrogens with zero attached hydrogens (tertiary/aromatic N) is 4. The molecule has 2 aromatic carbocycles. The Bertz CT molecular complexity index is 1160. The van der Waals surface area contributed by atoms with Gasteiger partial charge in [-0.25, -0.2) is 0 Å². The molecule has 0 fully saturated rings. The zero-order valence-electron chi connectivity index (χ0n) is 16.3. The Balaban J connectivity index is 1.85. The fraction of sp³-hybridized carbons (Fsp3) is 0.158. The van der Waals surface area contributed by atoms with Crippen molar-refractivity contribution in [3.05, 3.63) is 79.6 Å². The lowest BCUT2D eigenvalue weighted by atomic mass is 10.2. The lowest BCUT2D eigenvalue weighted by Gasteiger charge is -2.15. The molecular weight excluding hydrogens is 430 g/mol. The highest BCUT2D eigenvalue weighted by Gasteiger charge is 2.24. The van der Waals surface area contributed by atoms with Crippen LogP contribution < -0.4 is 10.1 Å². The van der Waals surface area contributed by atoms with Gasteiger partial charge in [-0.3, -0.25) is 29.7 Å². The lowest BCUT2D eigenvalue weighted by Crippen LogP contribution is -2.25. The van der Waals surface area contributed by atoms with Crippen LogP contribution in [0.4, 0.5) is 17.1 Å². The average Bonchev–Trinajstić information content (AvgIpc) is 3.10. The van der Waals surface area contributed by atoms with Crippen molar-refractivity contribution in [1.29, 1.82) is 0 Å². The molecule has 1 N–H and O–H groups in total. The van der Waals surface area contributed by atoms with Crippen molar-refractivity contribution in [2.75, 3.05) is 5.32 Å². The summed E-state index contributed by atoms with van der Waals surface area (Å²) in [6.45, 7) is 2.97. The van der Waals surface area contributed by atoms with E-state index in [-0.39, 0.29) is 28.5 Å². The molecule has 1 heterocycles. The van der Waals surface area contributed by atoms with Gasteiger partial charge in [0.05, 0.1) is 21.6 Å². The Morgan fingerprint density at radius 3 is 2.39 bits per heavy atom. The minimum absolute atomic E-state index is 0.120. The molecule has 0 aliphatic carbocycles. The van der Waals surface area contributed by atoms with E-state index in [2.05, 4.69) is 10.4 Å². The van der Waals surface area contributed by atoms with Gasteiger partial charge in [0.2, 0.25) is 5.91 Å². The Labute approximate surface area is 180 Å². The number of non-ortho nitro benzene ring substituents is 1. The molecule has 0 saturated heterocycles. The molecule has 0 bridgehead atoms. The molecule has 0 aliphatic heterocycles. The first-order chi connectivity index (χ1) is 14.7. The lowest BCUT2D eigenvalue weighted by molar-refractivity contribution is -0.385. The zero-order chi connectivity index (χ0) is 22.7. The van der Waals surface area contributed by atoms with Gasteiger partial charge in [0.1, 0.15) is 29.4 Å². The van der Waals surface area contributed by atoms with Gasteiger partial charge in [-0.1, -0.05) is 11.6 Å². The van der Waals surface area contributed by atoms with E-state index < -0.39 is 21.8 Å². The van der Waals surface area contributed by atoms with Crippen molar-refractivity contribution in [1.82, 2.24) is 9.78 Å². The number of rotatable bonds is 7. The minimum atomic E-state index is -0.909. The topological polar surface area (TPSA) is 142 Å². The van der Waals surface area contributed by atoms with Gasteiger partial charge >= 0.3 is 5.69 Å².